The fourth-order valence-corrected chi connectivity index (χ4v) is 8.26. The minimum absolute atomic E-state index is 0.0863. The standard InChI is InChI=1S/C23H26N2O9S3/c1-4-25(18-12-22(37(24,31)32)35-23-17(18)11-14(2)36(23,29)30)20(27)10-9-16-7-5-6-8-19(16)34-21(28)13-33-15(3)26/h5-10,12,14,18H,4,11,13H2,1-3H3,(H2,24,31,32)/b10-9+/t14-,18-/m0/s1. The number of hydrogen-bond donors (Lipinski definition) is 1. The highest BCUT2D eigenvalue weighted by Gasteiger charge is 2.45. The van der Waals surface area contributed by atoms with Gasteiger partial charge in [0.1, 0.15) is 14.2 Å². The molecule has 2 atom stereocenters. The van der Waals surface area contributed by atoms with Crippen LogP contribution in [0.5, 0.6) is 5.75 Å². The van der Waals surface area contributed by atoms with Gasteiger partial charge in [-0.25, -0.2) is 26.8 Å². The summed E-state index contributed by atoms with van der Waals surface area (Å²) in [6.45, 7) is 3.92. The topological polar surface area (TPSA) is 167 Å². The molecule has 0 saturated carbocycles. The van der Waals surface area contributed by atoms with Gasteiger partial charge in [0, 0.05) is 25.1 Å². The smallest absolute Gasteiger partial charge is 0.349 e. The molecule has 1 aromatic carbocycles. The number of primary sulfonamides is 1. The lowest BCUT2D eigenvalue weighted by Gasteiger charge is -2.32. The molecule has 3 rings (SSSR count). The number of carbonyl (C=O) groups excluding carboxylic acids is 3. The lowest BCUT2D eigenvalue weighted by molar-refractivity contribution is -0.152. The van der Waals surface area contributed by atoms with Crippen LogP contribution < -0.4 is 9.88 Å². The van der Waals surface area contributed by atoms with E-state index >= 15 is 0 Å². The van der Waals surface area contributed by atoms with Crippen LogP contribution in [0.4, 0.5) is 0 Å². The fraction of sp³-hybridized carbons (Fsp3) is 0.348. The van der Waals surface area contributed by atoms with Gasteiger partial charge in [0.2, 0.25) is 15.9 Å². The molecule has 0 unspecified atom stereocenters. The van der Waals surface area contributed by atoms with Crippen LogP contribution in [0.3, 0.4) is 0 Å². The first-order chi connectivity index (χ1) is 17.3. The van der Waals surface area contributed by atoms with Gasteiger partial charge in [-0.2, -0.15) is 0 Å². The molecular weight excluding hydrogens is 544 g/mol. The Hall–Kier alpha value is -2.94. The number of esters is 2. The van der Waals surface area contributed by atoms with Crippen molar-refractivity contribution in [3.05, 3.63) is 56.0 Å². The third-order valence-corrected chi connectivity index (χ3v) is 11.0. The van der Waals surface area contributed by atoms with Crippen LogP contribution in [0.2, 0.25) is 0 Å². The average molecular weight is 571 g/mol. The van der Waals surface area contributed by atoms with Gasteiger partial charge in [0.15, 0.2) is 16.4 Å². The Kier molecular flexibility index (Phi) is 8.67. The molecule has 2 heterocycles. The molecule has 0 radical (unpaired) electrons. The first-order valence-corrected chi connectivity index (χ1v) is 15.0. The lowest BCUT2D eigenvalue weighted by atomic mass is 10.0. The number of hydrogen-bond acceptors (Lipinski definition) is 10. The zero-order chi connectivity index (χ0) is 27.5. The molecule has 37 heavy (non-hydrogen) atoms. The van der Waals surface area contributed by atoms with Crippen molar-refractivity contribution in [2.45, 2.75) is 38.5 Å². The summed E-state index contributed by atoms with van der Waals surface area (Å²) in [5, 5.41) is 4.54. The fourth-order valence-electron chi connectivity index (χ4n) is 3.79. The molecule has 0 aliphatic carbocycles. The van der Waals surface area contributed by atoms with E-state index < -0.39 is 55.6 Å². The van der Waals surface area contributed by atoms with E-state index in [0.29, 0.717) is 22.9 Å². The summed E-state index contributed by atoms with van der Waals surface area (Å²) in [5.41, 5.74) is 0.813. The highest BCUT2D eigenvalue weighted by Crippen LogP contribution is 2.48. The Morgan fingerprint density at radius 2 is 1.92 bits per heavy atom. The van der Waals surface area contributed by atoms with E-state index in [2.05, 4.69) is 4.74 Å². The number of para-hydroxylation sites is 1. The van der Waals surface area contributed by atoms with E-state index in [1.807, 2.05) is 0 Å². The largest absolute Gasteiger partial charge is 0.454 e. The molecule has 0 fully saturated rings. The van der Waals surface area contributed by atoms with E-state index in [4.69, 9.17) is 9.88 Å². The minimum Gasteiger partial charge on any atom is -0.454 e. The van der Waals surface area contributed by atoms with Crippen LogP contribution in [0, 0.1) is 0 Å². The van der Waals surface area contributed by atoms with E-state index in [9.17, 15) is 31.2 Å². The Labute approximate surface area is 219 Å². The number of ether oxygens (including phenoxy) is 2. The molecule has 0 saturated heterocycles. The predicted octanol–water partition coefficient (Wildman–Crippen LogP) is 1.68. The molecule has 0 bridgehead atoms. The number of rotatable bonds is 8. The molecular formula is C23H26N2O9S3. The van der Waals surface area contributed by atoms with Crippen LogP contribution in [0.25, 0.3) is 6.08 Å². The predicted molar refractivity (Wildman–Crippen MR) is 138 cm³/mol. The summed E-state index contributed by atoms with van der Waals surface area (Å²) in [7, 11) is -7.98. The Morgan fingerprint density at radius 1 is 1.24 bits per heavy atom. The third kappa shape index (κ3) is 6.50. The van der Waals surface area contributed by atoms with Crippen LogP contribution in [0.1, 0.15) is 32.8 Å². The normalized spacial score (nSPS) is 20.8. The molecule has 0 aromatic heterocycles. The van der Waals surface area contributed by atoms with Crippen LogP contribution in [-0.4, -0.2) is 64.0 Å². The van der Waals surface area contributed by atoms with Crippen molar-refractivity contribution in [2.75, 3.05) is 13.2 Å². The van der Waals surface area contributed by atoms with Crippen LogP contribution in [0.15, 0.2) is 50.5 Å². The third-order valence-electron chi connectivity index (χ3n) is 5.58. The first kappa shape index (κ1) is 28.6. The highest BCUT2D eigenvalue weighted by molar-refractivity contribution is 8.27. The number of nitrogens with two attached hydrogens (primary N) is 1. The van der Waals surface area contributed by atoms with Crippen molar-refractivity contribution >= 4 is 55.5 Å². The van der Waals surface area contributed by atoms with Crippen molar-refractivity contribution in [3.63, 3.8) is 0 Å². The number of likely N-dealkylation sites (N-methyl/N-ethyl adjacent to an activating group) is 1. The highest BCUT2D eigenvalue weighted by atomic mass is 32.3. The lowest BCUT2D eigenvalue weighted by Crippen LogP contribution is -2.41. The Morgan fingerprint density at radius 3 is 2.54 bits per heavy atom. The van der Waals surface area contributed by atoms with Gasteiger partial charge in [-0.05, 0) is 44.1 Å². The average Bonchev–Trinajstić information content (AvgIpc) is 3.05. The van der Waals surface area contributed by atoms with Crippen LogP contribution >= 0.6 is 11.8 Å². The van der Waals surface area contributed by atoms with E-state index in [-0.39, 0.29) is 27.2 Å². The molecule has 2 aliphatic rings. The number of amides is 1. The van der Waals surface area contributed by atoms with Gasteiger partial charge < -0.3 is 14.4 Å². The maximum Gasteiger partial charge on any atom is 0.349 e. The van der Waals surface area contributed by atoms with Crippen molar-refractivity contribution < 1.29 is 40.7 Å². The molecule has 0 spiro atoms. The molecule has 1 amide bonds. The number of nitrogens with zero attached hydrogens (tertiary/aromatic N) is 1. The minimum atomic E-state index is -4.23. The van der Waals surface area contributed by atoms with Crippen molar-refractivity contribution in [1.29, 1.82) is 0 Å². The maximum absolute atomic E-state index is 13.2. The van der Waals surface area contributed by atoms with Gasteiger partial charge in [-0.1, -0.05) is 30.0 Å². The molecule has 14 heteroatoms. The summed E-state index contributed by atoms with van der Waals surface area (Å²) < 4.78 is 59.2. The van der Waals surface area contributed by atoms with Crippen molar-refractivity contribution in [1.82, 2.24) is 4.90 Å². The van der Waals surface area contributed by atoms with E-state index in [1.165, 1.54) is 36.1 Å². The Balaban J connectivity index is 1.90. The van der Waals surface area contributed by atoms with Gasteiger partial charge >= 0.3 is 11.9 Å². The number of carbonyl (C=O) groups is 3. The summed E-state index contributed by atoms with van der Waals surface area (Å²) in [5.74, 6) is -1.86. The van der Waals surface area contributed by atoms with Crippen LogP contribution in [-0.2, 0) is 39.0 Å². The molecule has 200 valence electrons. The zero-order valence-corrected chi connectivity index (χ0v) is 22.7. The van der Waals surface area contributed by atoms with Gasteiger partial charge in [0.25, 0.3) is 0 Å². The SMILES string of the molecule is CCN(C(=O)/C=C/c1ccccc1OC(=O)COC(C)=O)[C@H]1C=C(S(N)(=O)=O)SC2=C1C[C@H](C)S2(=O)=O. The first-order valence-electron chi connectivity index (χ1n) is 11.1. The summed E-state index contributed by atoms with van der Waals surface area (Å²) in [6.07, 6.45) is 4.07. The zero-order valence-electron chi connectivity index (χ0n) is 20.2. The van der Waals surface area contributed by atoms with Gasteiger partial charge in [-0.3, -0.25) is 9.59 Å². The number of thioether (sulfide) groups is 1. The Bertz CT molecular complexity index is 1430. The summed E-state index contributed by atoms with van der Waals surface area (Å²) in [6, 6.07) is 5.43. The quantitative estimate of drug-likeness (QED) is 0.276. The van der Waals surface area contributed by atoms with Crippen molar-refractivity contribution in [3.8, 4) is 5.75 Å². The van der Waals surface area contributed by atoms with Gasteiger partial charge in [-0.15, -0.1) is 0 Å². The molecule has 2 aliphatic heterocycles. The second kappa shape index (κ2) is 11.2. The summed E-state index contributed by atoms with van der Waals surface area (Å²) in [4.78, 5) is 37.4. The second-order valence-corrected chi connectivity index (χ2v) is 13.6. The number of benzene rings is 1. The number of sulfone groups is 1. The van der Waals surface area contributed by atoms with Crippen molar-refractivity contribution in [2.24, 2.45) is 5.14 Å². The number of sulfonamides is 1. The molecule has 1 aromatic rings. The molecule has 2 N–H and O–H groups in total. The monoisotopic (exact) mass is 570 g/mol. The maximum atomic E-state index is 13.2. The van der Waals surface area contributed by atoms with Gasteiger partial charge in [0.05, 0.1) is 11.3 Å². The molecule has 11 nitrogen and oxygen atoms in total. The second-order valence-electron chi connectivity index (χ2n) is 8.20. The van der Waals surface area contributed by atoms with E-state index in [0.717, 1.165) is 6.92 Å². The summed E-state index contributed by atoms with van der Waals surface area (Å²) >= 11 is 0.591. The van der Waals surface area contributed by atoms with E-state index in [1.54, 1.807) is 25.1 Å².